The third-order valence-electron chi connectivity index (χ3n) is 3.05. The van der Waals surface area contributed by atoms with Gasteiger partial charge < -0.3 is 14.2 Å². The van der Waals surface area contributed by atoms with Crippen molar-refractivity contribution in [3.05, 3.63) is 47.3 Å². The number of aryl methyl sites for hydroxylation is 1. The molecule has 5 nitrogen and oxygen atoms in total. The molecular weight excluding hydrogens is 268 g/mol. The lowest BCUT2D eigenvalue weighted by atomic mass is 10.1. The van der Waals surface area contributed by atoms with E-state index in [9.17, 15) is 0 Å². The van der Waals surface area contributed by atoms with E-state index in [1.165, 1.54) is 0 Å². The maximum Gasteiger partial charge on any atom is 0.185 e. The molecule has 0 aliphatic carbocycles. The van der Waals surface area contributed by atoms with Crippen LogP contribution in [-0.2, 0) is 6.61 Å². The largest absolute Gasteiger partial charge is 0.493 e. The van der Waals surface area contributed by atoms with Crippen molar-refractivity contribution in [2.75, 3.05) is 14.2 Å². The smallest absolute Gasteiger partial charge is 0.185 e. The summed E-state index contributed by atoms with van der Waals surface area (Å²) in [4.78, 5) is 4.25. The Morgan fingerprint density at radius 2 is 1.95 bits per heavy atom. The van der Waals surface area contributed by atoms with Gasteiger partial charge in [-0.2, -0.15) is 5.26 Å². The van der Waals surface area contributed by atoms with Gasteiger partial charge in [-0.05, 0) is 24.6 Å². The summed E-state index contributed by atoms with van der Waals surface area (Å²) >= 11 is 0. The summed E-state index contributed by atoms with van der Waals surface area (Å²) in [5.41, 5.74) is 2.15. The second-order valence-electron chi connectivity index (χ2n) is 4.37. The zero-order valence-corrected chi connectivity index (χ0v) is 12.2. The highest BCUT2D eigenvalue weighted by molar-refractivity contribution is 5.44. The molecule has 1 aromatic heterocycles. The van der Waals surface area contributed by atoms with Crippen molar-refractivity contribution in [1.29, 1.82) is 5.26 Å². The van der Waals surface area contributed by atoms with Gasteiger partial charge in [-0.15, -0.1) is 0 Å². The van der Waals surface area contributed by atoms with Gasteiger partial charge in [0.05, 0.1) is 25.9 Å². The van der Waals surface area contributed by atoms with Crippen LogP contribution in [-0.4, -0.2) is 19.2 Å². The van der Waals surface area contributed by atoms with Gasteiger partial charge in [0.2, 0.25) is 0 Å². The van der Waals surface area contributed by atoms with Crippen molar-refractivity contribution in [2.45, 2.75) is 13.5 Å². The molecule has 0 aliphatic heterocycles. The zero-order chi connectivity index (χ0) is 15.2. The van der Waals surface area contributed by atoms with Crippen LogP contribution in [0.15, 0.2) is 30.5 Å². The van der Waals surface area contributed by atoms with Gasteiger partial charge in [0, 0.05) is 12.3 Å². The first-order valence-corrected chi connectivity index (χ1v) is 6.39. The molecule has 1 heterocycles. The van der Waals surface area contributed by atoms with Gasteiger partial charge in [-0.3, -0.25) is 4.98 Å². The minimum absolute atomic E-state index is 0.232. The quantitative estimate of drug-likeness (QED) is 0.844. The molecule has 0 saturated heterocycles. The molecule has 0 spiro atoms. The number of ether oxygens (including phenoxy) is 3. The summed E-state index contributed by atoms with van der Waals surface area (Å²) in [6, 6.07) is 9.14. The van der Waals surface area contributed by atoms with Crippen LogP contribution < -0.4 is 14.2 Å². The summed E-state index contributed by atoms with van der Waals surface area (Å²) < 4.78 is 16.3. The number of pyridine rings is 1. The Hall–Kier alpha value is -2.74. The molecule has 0 N–H and O–H groups in total. The third-order valence-corrected chi connectivity index (χ3v) is 3.05. The zero-order valence-electron chi connectivity index (χ0n) is 12.2. The number of methoxy groups -OCH3 is 2. The number of hydrogen-bond acceptors (Lipinski definition) is 5. The van der Waals surface area contributed by atoms with Crippen molar-refractivity contribution in [3.63, 3.8) is 0 Å². The minimum Gasteiger partial charge on any atom is -0.493 e. The normalized spacial score (nSPS) is 9.81. The van der Waals surface area contributed by atoms with Crippen molar-refractivity contribution in [3.8, 4) is 23.3 Å². The van der Waals surface area contributed by atoms with Gasteiger partial charge in [0.25, 0.3) is 0 Å². The fraction of sp³-hybridized carbons (Fsp3) is 0.250. The highest BCUT2D eigenvalue weighted by Gasteiger charge is 2.12. The number of nitrogens with zero attached hydrogens (tertiary/aromatic N) is 2. The number of nitriles is 1. The molecule has 0 atom stereocenters. The summed E-state index contributed by atoms with van der Waals surface area (Å²) in [6.45, 7) is 2.16. The lowest BCUT2D eigenvalue weighted by molar-refractivity contribution is 0.283. The van der Waals surface area contributed by atoms with Crippen LogP contribution in [0, 0.1) is 18.3 Å². The van der Waals surface area contributed by atoms with Gasteiger partial charge in [-0.25, -0.2) is 0 Å². The number of hydrogen-bond donors (Lipinski definition) is 0. The molecule has 108 valence electrons. The number of aromatic nitrogens is 1. The lowest BCUT2D eigenvalue weighted by Gasteiger charge is -2.13. The van der Waals surface area contributed by atoms with E-state index < -0.39 is 0 Å². The maximum atomic E-state index is 8.93. The van der Waals surface area contributed by atoms with Crippen molar-refractivity contribution in [1.82, 2.24) is 4.98 Å². The molecule has 2 aromatic rings. The Kier molecular flexibility index (Phi) is 4.62. The van der Waals surface area contributed by atoms with E-state index in [4.69, 9.17) is 19.5 Å². The first-order valence-electron chi connectivity index (χ1n) is 6.39. The molecule has 0 radical (unpaired) electrons. The highest BCUT2D eigenvalue weighted by Crippen LogP contribution is 2.30. The second-order valence-corrected chi connectivity index (χ2v) is 4.37. The van der Waals surface area contributed by atoms with E-state index in [1.54, 1.807) is 38.6 Å². The average molecular weight is 284 g/mol. The number of rotatable bonds is 5. The van der Waals surface area contributed by atoms with Gasteiger partial charge in [0.1, 0.15) is 18.1 Å². The van der Waals surface area contributed by atoms with Crippen LogP contribution in [0.25, 0.3) is 0 Å². The Bertz CT molecular complexity index is 678. The summed E-state index contributed by atoms with van der Waals surface area (Å²) in [6.07, 6.45) is 1.64. The molecule has 0 saturated carbocycles. The summed E-state index contributed by atoms with van der Waals surface area (Å²) in [7, 11) is 3.13. The highest BCUT2D eigenvalue weighted by atomic mass is 16.5. The summed E-state index contributed by atoms with van der Waals surface area (Å²) in [5.74, 6) is 1.81. The predicted octanol–water partition coefficient (Wildman–Crippen LogP) is 2.86. The average Bonchev–Trinajstić information content (AvgIpc) is 2.53. The van der Waals surface area contributed by atoms with Crippen molar-refractivity contribution >= 4 is 0 Å². The predicted molar refractivity (Wildman–Crippen MR) is 77.6 cm³/mol. The summed E-state index contributed by atoms with van der Waals surface area (Å²) in [5, 5.41) is 8.93. The molecule has 0 fully saturated rings. The van der Waals surface area contributed by atoms with Gasteiger partial charge >= 0.3 is 0 Å². The van der Waals surface area contributed by atoms with Crippen molar-refractivity contribution < 1.29 is 14.2 Å². The van der Waals surface area contributed by atoms with Crippen LogP contribution in [0.1, 0.15) is 16.8 Å². The lowest BCUT2D eigenvalue weighted by Crippen LogP contribution is -2.04. The third kappa shape index (κ3) is 3.23. The van der Waals surface area contributed by atoms with E-state index in [2.05, 4.69) is 11.1 Å². The van der Waals surface area contributed by atoms with Crippen LogP contribution >= 0.6 is 0 Å². The first-order chi connectivity index (χ1) is 10.2. The van der Waals surface area contributed by atoms with Crippen LogP contribution in [0.4, 0.5) is 0 Å². The Morgan fingerprint density at radius 3 is 2.62 bits per heavy atom. The minimum atomic E-state index is 0.232. The SMILES string of the molecule is COc1ccnc(COc2cc(C#N)ccc2C)c1OC. The van der Waals surface area contributed by atoms with E-state index >= 15 is 0 Å². The molecule has 0 amide bonds. The Morgan fingerprint density at radius 1 is 1.14 bits per heavy atom. The molecule has 0 unspecified atom stereocenters. The van der Waals surface area contributed by atoms with Crippen LogP contribution in [0.2, 0.25) is 0 Å². The molecule has 5 heteroatoms. The molecule has 0 bridgehead atoms. The van der Waals surface area contributed by atoms with Crippen LogP contribution in [0.3, 0.4) is 0 Å². The molecule has 0 aliphatic rings. The number of benzene rings is 1. The van der Waals surface area contributed by atoms with Crippen molar-refractivity contribution in [2.24, 2.45) is 0 Å². The second kappa shape index (κ2) is 6.62. The van der Waals surface area contributed by atoms with E-state index in [0.29, 0.717) is 28.5 Å². The standard InChI is InChI=1S/C16H16N2O3/c1-11-4-5-12(9-17)8-15(11)21-10-13-16(20-3)14(19-2)6-7-18-13/h4-8H,10H2,1-3H3. The monoisotopic (exact) mass is 284 g/mol. The molecule has 2 rings (SSSR count). The van der Waals surface area contributed by atoms with E-state index in [-0.39, 0.29) is 6.61 Å². The van der Waals surface area contributed by atoms with Crippen LogP contribution in [0.5, 0.6) is 17.2 Å². The first kappa shape index (κ1) is 14.7. The van der Waals surface area contributed by atoms with E-state index in [1.807, 2.05) is 13.0 Å². The van der Waals surface area contributed by atoms with Gasteiger partial charge in [-0.1, -0.05) is 6.07 Å². The van der Waals surface area contributed by atoms with E-state index in [0.717, 1.165) is 5.56 Å². The maximum absolute atomic E-state index is 8.93. The Balaban J connectivity index is 2.23. The Labute approximate surface area is 123 Å². The fourth-order valence-electron chi connectivity index (χ4n) is 1.92. The van der Waals surface area contributed by atoms with Gasteiger partial charge in [0.15, 0.2) is 11.5 Å². The molecule has 21 heavy (non-hydrogen) atoms. The molecular formula is C16H16N2O3. The fourth-order valence-corrected chi connectivity index (χ4v) is 1.92. The topological polar surface area (TPSA) is 64.4 Å². The molecule has 1 aromatic carbocycles.